The van der Waals surface area contributed by atoms with Crippen molar-refractivity contribution in [3.63, 3.8) is 0 Å². The summed E-state index contributed by atoms with van der Waals surface area (Å²) < 4.78 is 3.46. The van der Waals surface area contributed by atoms with Gasteiger partial charge in [-0.15, -0.1) is 5.10 Å². The second-order valence-electron chi connectivity index (χ2n) is 4.08. The fraction of sp³-hybridized carbons (Fsp3) is 0.545. The lowest BCUT2D eigenvalue weighted by atomic mass is 10.1. The quantitative estimate of drug-likeness (QED) is 0.828. The van der Waals surface area contributed by atoms with E-state index in [1.807, 2.05) is 24.0 Å². The number of aromatic nitrogens is 5. The Hall–Kier alpha value is -1.69. The topological polar surface area (TPSA) is 68.8 Å². The van der Waals surface area contributed by atoms with Crippen LogP contribution in [0.1, 0.15) is 30.8 Å². The molecule has 0 spiro atoms. The third-order valence-electron chi connectivity index (χ3n) is 2.58. The van der Waals surface area contributed by atoms with Crippen LogP contribution in [0.15, 0.2) is 18.5 Å². The van der Waals surface area contributed by atoms with E-state index >= 15 is 0 Å². The van der Waals surface area contributed by atoms with Gasteiger partial charge in [-0.2, -0.15) is 5.10 Å². The molecule has 0 aromatic carbocycles. The molecule has 0 aliphatic rings. The number of nitrogens with zero attached hydrogens (tertiary/aromatic N) is 5. The Morgan fingerprint density at radius 1 is 1.47 bits per heavy atom. The first-order chi connectivity index (χ1) is 8.20. The molecule has 0 radical (unpaired) electrons. The van der Waals surface area contributed by atoms with E-state index in [2.05, 4.69) is 22.3 Å². The molecule has 17 heavy (non-hydrogen) atoms. The average Bonchev–Trinajstić information content (AvgIpc) is 2.88. The molecule has 1 unspecified atom stereocenters. The number of aliphatic hydroxyl groups excluding tert-OH is 1. The van der Waals surface area contributed by atoms with Crippen LogP contribution in [0.25, 0.3) is 0 Å². The highest BCUT2D eigenvalue weighted by atomic mass is 16.3. The zero-order valence-electron chi connectivity index (χ0n) is 10.1. The van der Waals surface area contributed by atoms with Crippen LogP contribution >= 0.6 is 0 Å². The van der Waals surface area contributed by atoms with E-state index in [1.54, 1.807) is 10.9 Å². The van der Waals surface area contributed by atoms with E-state index in [0.717, 1.165) is 24.4 Å². The minimum atomic E-state index is -0.583. The standard InChI is InChI=1S/C11H17N5O/c1-3-6-16-10(4-5-12-16)11(17)7-9-8-15(2)14-13-9/h4-5,8,11,17H,3,6-7H2,1-2H3. The molecule has 2 aromatic rings. The smallest absolute Gasteiger partial charge is 0.101 e. The summed E-state index contributed by atoms with van der Waals surface area (Å²) in [6.45, 7) is 2.90. The lowest BCUT2D eigenvalue weighted by molar-refractivity contribution is 0.165. The van der Waals surface area contributed by atoms with E-state index < -0.39 is 6.10 Å². The highest BCUT2D eigenvalue weighted by Crippen LogP contribution is 2.16. The molecule has 0 amide bonds. The predicted octanol–water partition coefficient (Wildman–Crippen LogP) is 0.698. The largest absolute Gasteiger partial charge is 0.386 e. The maximum atomic E-state index is 10.1. The molecule has 0 fully saturated rings. The van der Waals surface area contributed by atoms with Gasteiger partial charge in [0.1, 0.15) is 6.10 Å². The molecule has 0 aliphatic carbocycles. The van der Waals surface area contributed by atoms with E-state index in [1.165, 1.54) is 0 Å². The summed E-state index contributed by atoms with van der Waals surface area (Å²) in [5, 5.41) is 22.1. The molecule has 6 nitrogen and oxygen atoms in total. The Morgan fingerprint density at radius 3 is 2.94 bits per heavy atom. The highest BCUT2D eigenvalue weighted by molar-refractivity contribution is 5.08. The lowest BCUT2D eigenvalue weighted by Crippen LogP contribution is -2.11. The SMILES string of the molecule is CCCn1nccc1C(O)Cc1cn(C)nn1. The van der Waals surface area contributed by atoms with Crippen molar-refractivity contribution in [3.8, 4) is 0 Å². The Bertz CT molecular complexity index is 476. The Kier molecular flexibility index (Phi) is 3.53. The summed E-state index contributed by atoms with van der Waals surface area (Å²) in [6, 6.07) is 1.84. The third kappa shape index (κ3) is 2.71. The monoisotopic (exact) mass is 235 g/mol. The maximum Gasteiger partial charge on any atom is 0.101 e. The fourth-order valence-electron chi connectivity index (χ4n) is 1.82. The van der Waals surface area contributed by atoms with Gasteiger partial charge in [-0.1, -0.05) is 12.1 Å². The molecule has 6 heteroatoms. The van der Waals surface area contributed by atoms with Crippen LogP contribution in [0.2, 0.25) is 0 Å². The van der Waals surface area contributed by atoms with Crippen molar-refractivity contribution in [2.75, 3.05) is 0 Å². The van der Waals surface area contributed by atoms with Gasteiger partial charge < -0.3 is 5.11 Å². The normalized spacial score (nSPS) is 12.9. The number of rotatable bonds is 5. The number of hydrogen-bond donors (Lipinski definition) is 1. The van der Waals surface area contributed by atoms with Gasteiger partial charge >= 0.3 is 0 Å². The van der Waals surface area contributed by atoms with Crippen LogP contribution < -0.4 is 0 Å². The first-order valence-corrected chi connectivity index (χ1v) is 5.75. The summed E-state index contributed by atoms with van der Waals surface area (Å²) in [6.07, 6.45) is 4.39. The van der Waals surface area contributed by atoms with Crippen molar-refractivity contribution >= 4 is 0 Å². The molecule has 2 rings (SSSR count). The van der Waals surface area contributed by atoms with Gasteiger partial charge in [0.05, 0.1) is 11.4 Å². The van der Waals surface area contributed by atoms with Gasteiger partial charge in [-0.05, 0) is 12.5 Å². The van der Waals surface area contributed by atoms with Gasteiger partial charge in [-0.25, -0.2) is 0 Å². The molecule has 0 bridgehead atoms. The fourth-order valence-corrected chi connectivity index (χ4v) is 1.82. The molecular weight excluding hydrogens is 218 g/mol. The van der Waals surface area contributed by atoms with Crippen molar-refractivity contribution in [2.45, 2.75) is 32.4 Å². The van der Waals surface area contributed by atoms with Crippen molar-refractivity contribution in [2.24, 2.45) is 7.05 Å². The van der Waals surface area contributed by atoms with Crippen LogP contribution in [0.4, 0.5) is 0 Å². The average molecular weight is 235 g/mol. The first kappa shape index (κ1) is 11.8. The summed E-state index contributed by atoms with van der Waals surface area (Å²) in [7, 11) is 1.81. The van der Waals surface area contributed by atoms with Crippen molar-refractivity contribution in [1.82, 2.24) is 24.8 Å². The summed E-state index contributed by atoms with van der Waals surface area (Å²) in [5.41, 5.74) is 1.61. The maximum absolute atomic E-state index is 10.1. The highest BCUT2D eigenvalue weighted by Gasteiger charge is 2.15. The van der Waals surface area contributed by atoms with E-state index in [4.69, 9.17) is 0 Å². The molecule has 2 heterocycles. The molecule has 1 atom stereocenters. The molecule has 92 valence electrons. The summed E-state index contributed by atoms with van der Waals surface area (Å²) >= 11 is 0. The number of hydrogen-bond acceptors (Lipinski definition) is 4. The molecule has 2 aromatic heterocycles. The Labute approximate surface area is 99.9 Å². The van der Waals surface area contributed by atoms with Crippen LogP contribution in [-0.2, 0) is 20.0 Å². The minimum absolute atomic E-state index is 0.462. The van der Waals surface area contributed by atoms with Crippen LogP contribution in [0, 0.1) is 0 Å². The van der Waals surface area contributed by atoms with Crippen LogP contribution in [-0.4, -0.2) is 29.9 Å². The summed E-state index contributed by atoms with van der Waals surface area (Å²) in [5.74, 6) is 0. The van der Waals surface area contributed by atoms with Crippen molar-refractivity contribution in [3.05, 3.63) is 29.8 Å². The molecule has 0 saturated heterocycles. The van der Waals surface area contributed by atoms with E-state index in [9.17, 15) is 5.11 Å². The molecule has 0 aliphatic heterocycles. The van der Waals surface area contributed by atoms with Crippen LogP contribution in [0.5, 0.6) is 0 Å². The van der Waals surface area contributed by atoms with E-state index in [-0.39, 0.29) is 0 Å². The molecule has 0 saturated carbocycles. The van der Waals surface area contributed by atoms with Gasteiger partial charge in [-0.3, -0.25) is 9.36 Å². The lowest BCUT2D eigenvalue weighted by Gasteiger charge is -2.11. The Balaban J connectivity index is 2.08. The van der Waals surface area contributed by atoms with Crippen molar-refractivity contribution in [1.29, 1.82) is 0 Å². The molecule has 1 N–H and O–H groups in total. The van der Waals surface area contributed by atoms with Crippen molar-refractivity contribution < 1.29 is 5.11 Å². The summed E-state index contributed by atoms with van der Waals surface area (Å²) in [4.78, 5) is 0. The predicted molar refractivity (Wildman–Crippen MR) is 62.2 cm³/mol. The third-order valence-corrected chi connectivity index (χ3v) is 2.58. The zero-order chi connectivity index (χ0) is 12.3. The van der Waals surface area contributed by atoms with Gasteiger partial charge in [0.2, 0.25) is 0 Å². The minimum Gasteiger partial charge on any atom is -0.386 e. The second kappa shape index (κ2) is 5.09. The van der Waals surface area contributed by atoms with Gasteiger partial charge in [0, 0.05) is 32.4 Å². The van der Waals surface area contributed by atoms with E-state index in [0.29, 0.717) is 6.42 Å². The van der Waals surface area contributed by atoms with Gasteiger partial charge in [0.25, 0.3) is 0 Å². The second-order valence-corrected chi connectivity index (χ2v) is 4.08. The number of aliphatic hydroxyl groups is 1. The van der Waals surface area contributed by atoms with Crippen LogP contribution in [0.3, 0.4) is 0 Å². The zero-order valence-corrected chi connectivity index (χ0v) is 10.1. The first-order valence-electron chi connectivity index (χ1n) is 5.75. The number of aryl methyl sites for hydroxylation is 2. The molecular formula is C11H17N5O. The van der Waals surface area contributed by atoms with Gasteiger partial charge in [0.15, 0.2) is 0 Å². The Morgan fingerprint density at radius 2 is 2.29 bits per heavy atom.